The third-order valence-corrected chi connectivity index (χ3v) is 4.42. The van der Waals surface area contributed by atoms with Crippen molar-refractivity contribution in [2.24, 2.45) is 0 Å². The summed E-state index contributed by atoms with van der Waals surface area (Å²) in [5, 5.41) is 2.70. The van der Waals surface area contributed by atoms with Gasteiger partial charge in [0, 0.05) is 31.4 Å². The molecule has 0 fully saturated rings. The molecular weight excluding hydrogens is 362 g/mol. The van der Waals surface area contributed by atoms with Crippen molar-refractivity contribution in [2.45, 2.75) is 0 Å². The second-order valence-corrected chi connectivity index (χ2v) is 6.37. The topological polar surface area (TPSA) is 96.0 Å². The van der Waals surface area contributed by atoms with Crippen LogP contribution in [0.5, 0.6) is 5.75 Å². The molecule has 1 heterocycles. The van der Waals surface area contributed by atoms with Crippen LogP contribution < -0.4 is 10.1 Å². The maximum absolute atomic E-state index is 12.6. The van der Waals surface area contributed by atoms with Crippen LogP contribution in [0.1, 0.15) is 31.1 Å². The number of hydrogen-bond donors (Lipinski definition) is 1. The Balaban J connectivity index is 1.69. The van der Waals surface area contributed by atoms with Crippen molar-refractivity contribution >= 4 is 29.3 Å². The van der Waals surface area contributed by atoms with Crippen LogP contribution >= 0.6 is 0 Å². The second kappa shape index (κ2) is 7.51. The standard InChI is InChI=1S/C20H19N3O5/c1-22(11-17(24)21-13-5-4-6-14(10-13)28-3)18(25)12-7-8-15-16(9-12)20(27)23(2)19(15)26/h4-10H,11H2,1-3H3,(H,21,24). The Kier molecular flexibility index (Phi) is 5.12. The maximum Gasteiger partial charge on any atom is 0.261 e. The van der Waals surface area contributed by atoms with Gasteiger partial charge in [-0.05, 0) is 30.3 Å². The molecule has 0 atom stereocenters. The minimum atomic E-state index is -0.451. The number of imide groups is 1. The molecule has 0 unspecified atom stereocenters. The molecule has 1 N–H and O–H groups in total. The van der Waals surface area contributed by atoms with E-state index in [-0.39, 0.29) is 29.1 Å². The number of nitrogens with zero attached hydrogens (tertiary/aromatic N) is 2. The van der Waals surface area contributed by atoms with E-state index in [0.717, 1.165) is 4.90 Å². The number of methoxy groups -OCH3 is 1. The second-order valence-electron chi connectivity index (χ2n) is 6.37. The molecule has 1 aliphatic rings. The van der Waals surface area contributed by atoms with Crippen molar-refractivity contribution in [3.63, 3.8) is 0 Å². The number of benzene rings is 2. The summed E-state index contributed by atoms with van der Waals surface area (Å²) in [5.74, 6) is -1.06. The number of ether oxygens (including phenoxy) is 1. The molecule has 0 bridgehead atoms. The first-order valence-corrected chi connectivity index (χ1v) is 8.47. The third kappa shape index (κ3) is 3.57. The summed E-state index contributed by atoms with van der Waals surface area (Å²) < 4.78 is 5.10. The number of carbonyl (C=O) groups excluding carboxylic acids is 4. The fourth-order valence-corrected chi connectivity index (χ4v) is 2.90. The molecule has 144 valence electrons. The Morgan fingerprint density at radius 3 is 2.50 bits per heavy atom. The van der Waals surface area contributed by atoms with Crippen LogP contribution in [0.25, 0.3) is 0 Å². The fourth-order valence-electron chi connectivity index (χ4n) is 2.90. The smallest absolute Gasteiger partial charge is 0.261 e. The van der Waals surface area contributed by atoms with Gasteiger partial charge in [0.1, 0.15) is 5.75 Å². The first-order valence-electron chi connectivity index (χ1n) is 8.47. The van der Waals surface area contributed by atoms with E-state index < -0.39 is 17.7 Å². The zero-order chi connectivity index (χ0) is 20.4. The minimum Gasteiger partial charge on any atom is -0.497 e. The van der Waals surface area contributed by atoms with Crippen molar-refractivity contribution < 1.29 is 23.9 Å². The molecule has 0 aromatic heterocycles. The average molecular weight is 381 g/mol. The van der Waals surface area contributed by atoms with E-state index in [4.69, 9.17) is 4.74 Å². The van der Waals surface area contributed by atoms with Crippen LogP contribution in [0.3, 0.4) is 0 Å². The highest BCUT2D eigenvalue weighted by Gasteiger charge is 2.33. The predicted octanol–water partition coefficient (Wildman–Crippen LogP) is 1.63. The van der Waals surface area contributed by atoms with Gasteiger partial charge in [-0.2, -0.15) is 0 Å². The Labute approximate surface area is 161 Å². The lowest BCUT2D eigenvalue weighted by Crippen LogP contribution is -2.35. The lowest BCUT2D eigenvalue weighted by Gasteiger charge is -2.17. The van der Waals surface area contributed by atoms with Crippen molar-refractivity contribution in [1.82, 2.24) is 9.80 Å². The molecule has 3 rings (SSSR count). The van der Waals surface area contributed by atoms with Gasteiger partial charge >= 0.3 is 0 Å². The van der Waals surface area contributed by atoms with Gasteiger partial charge in [0.15, 0.2) is 0 Å². The van der Waals surface area contributed by atoms with Crippen molar-refractivity contribution in [3.05, 3.63) is 59.2 Å². The van der Waals surface area contributed by atoms with Crippen molar-refractivity contribution in [1.29, 1.82) is 0 Å². The molecule has 2 aromatic carbocycles. The van der Waals surface area contributed by atoms with Crippen LogP contribution in [0.4, 0.5) is 5.69 Å². The number of amides is 4. The van der Waals surface area contributed by atoms with Crippen molar-refractivity contribution in [3.8, 4) is 5.75 Å². The molecule has 4 amide bonds. The summed E-state index contributed by atoms with van der Waals surface area (Å²) in [7, 11) is 4.40. The Morgan fingerprint density at radius 1 is 1.07 bits per heavy atom. The van der Waals surface area contributed by atoms with Crippen molar-refractivity contribution in [2.75, 3.05) is 33.1 Å². The zero-order valence-corrected chi connectivity index (χ0v) is 15.7. The molecule has 8 nitrogen and oxygen atoms in total. The molecule has 2 aromatic rings. The SMILES string of the molecule is COc1cccc(NC(=O)CN(C)C(=O)c2ccc3c(c2)C(=O)N(C)C3=O)c1. The highest BCUT2D eigenvalue weighted by atomic mass is 16.5. The zero-order valence-electron chi connectivity index (χ0n) is 15.7. The molecule has 0 saturated heterocycles. The summed E-state index contributed by atoms with van der Waals surface area (Å²) >= 11 is 0. The van der Waals surface area contributed by atoms with Gasteiger partial charge < -0.3 is 15.0 Å². The Morgan fingerprint density at radius 2 is 1.79 bits per heavy atom. The van der Waals surface area contributed by atoms with Crippen LogP contribution in [-0.2, 0) is 4.79 Å². The van der Waals surface area contributed by atoms with E-state index in [0.29, 0.717) is 11.4 Å². The van der Waals surface area contributed by atoms with Crippen LogP contribution in [0.2, 0.25) is 0 Å². The number of carbonyl (C=O) groups is 4. The summed E-state index contributed by atoms with van der Waals surface area (Å²) in [6, 6.07) is 11.2. The van der Waals surface area contributed by atoms with E-state index in [1.54, 1.807) is 24.3 Å². The van der Waals surface area contributed by atoms with Gasteiger partial charge in [0.25, 0.3) is 17.7 Å². The number of rotatable bonds is 5. The van der Waals surface area contributed by atoms with Gasteiger partial charge in [-0.1, -0.05) is 6.07 Å². The highest BCUT2D eigenvalue weighted by Crippen LogP contribution is 2.23. The quantitative estimate of drug-likeness (QED) is 0.794. The van der Waals surface area contributed by atoms with Gasteiger partial charge in [0.05, 0.1) is 24.8 Å². The molecule has 0 aliphatic carbocycles. The largest absolute Gasteiger partial charge is 0.497 e. The first kappa shape index (κ1) is 19.1. The lowest BCUT2D eigenvalue weighted by atomic mass is 10.0. The molecule has 0 saturated carbocycles. The molecule has 8 heteroatoms. The minimum absolute atomic E-state index is 0.181. The van der Waals surface area contributed by atoms with E-state index in [9.17, 15) is 19.2 Å². The van der Waals surface area contributed by atoms with Gasteiger partial charge in [-0.3, -0.25) is 24.1 Å². The van der Waals surface area contributed by atoms with E-state index in [2.05, 4.69) is 5.32 Å². The summed E-state index contributed by atoms with van der Waals surface area (Å²) in [5.41, 5.74) is 1.23. The fraction of sp³-hybridized carbons (Fsp3) is 0.200. The third-order valence-electron chi connectivity index (χ3n) is 4.42. The summed E-state index contributed by atoms with van der Waals surface area (Å²) in [4.78, 5) is 51.1. The lowest BCUT2D eigenvalue weighted by molar-refractivity contribution is -0.116. The summed E-state index contributed by atoms with van der Waals surface area (Å²) in [6.07, 6.45) is 0. The normalized spacial score (nSPS) is 12.6. The van der Waals surface area contributed by atoms with E-state index in [1.165, 1.54) is 44.3 Å². The number of hydrogen-bond acceptors (Lipinski definition) is 5. The molecule has 28 heavy (non-hydrogen) atoms. The number of anilines is 1. The Hall–Kier alpha value is -3.68. The highest BCUT2D eigenvalue weighted by molar-refractivity contribution is 6.21. The molecule has 0 radical (unpaired) electrons. The average Bonchev–Trinajstić information content (AvgIpc) is 2.91. The van der Waals surface area contributed by atoms with Crippen LogP contribution in [0.15, 0.2) is 42.5 Å². The molecular formula is C20H19N3O5. The monoisotopic (exact) mass is 381 g/mol. The summed E-state index contributed by atoms with van der Waals surface area (Å²) in [6.45, 7) is -0.181. The molecule has 0 spiro atoms. The number of fused-ring (bicyclic) bond motifs is 1. The number of nitrogens with one attached hydrogen (secondary N) is 1. The van der Waals surface area contributed by atoms with Gasteiger partial charge in [0.2, 0.25) is 5.91 Å². The Bertz CT molecular complexity index is 986. The van der Waals surface area contributed by atoms with Gasteiger partial charge in [-0.25, -0.2) is 0 Å². The maximum atomic E-state index is 12.6. The van der Waals surface area contributed by atoms with Gasteiger partial charge in [-0.15, -0.1) is 0 Å². The first-order chi connectivity index (χ1) is 13.3. The molecule has 1 aliphatic heterocycles. The predicted molar refractivity (Wildman–Crippen MR) is 101 cm³/mol. The van der Waals surface area contributed by atoms with Crippen LogP contribution in [-0.4, -0.2) is 61.2 Å². The van der Waals surface area contributed by atoms with Crippen LogP contribution in [0, 0.1) is 0 Å². The number of likely N-dealkylation sites (N-methyl/N-ethyl adjacent to an activating group) is 1. The van der Waals surface area contributed by atoms with E-state index in [1.807, 2.05) is 0 Å². The van der Waals surface area contributed by atoms with E-state index >= 15 is 0 Å².